The van der Waals surface area contributed by atoms with E-state index in [1.54, 1.807) is 0 Å². The molecule has 0 fully saturated rings. The van der Waals surface area contributed by atoms with Crippen LogP contribution in [0.5, 0.6) is 0 Å². The lowest BCUT2D eigenvalue weighted by Gasteiger charge is -2.07. The molecule has 0 radical (unpaired) electrons. The van der Waals surface area contributed by atoms with E-state index in [2.05, 4.69) is 17.9 Å². The number of thiol groups is 1. The number of rotatable bonds is 4. The molecule has 0 heterocycles. The van der Waals surface area contributed by atoms with Gasteiger partial charge in [0.05, 0.1) is 0 Å². The summed E-state index contributed by atoms with van der Waals surface area (Å²) in [7, 11) is 0. The van der Waals surface area contributed by atoms with Crippen LogP contribution in [0.3, 0.4) is 0 Å². The van der Waals surface area contributed by atoms with Crippen molar-refractivity contribution in [1.29, 1.82) is 0 Å². The smallest absolute Gasteiger partial charge is 0.326 e. The fraction of sp³-hybridized carbons (Fsp3) is 0.400. The minimum Gasteiger partial charge on any atom is -0.480 e. The monoisotopic (exact) mass is 162 g/mol. The second-order valence-electron chi connectivity index (χ2n) is 1.60. The van der Waals surface area contributed by atoms with Gasteiger partial charge in [-0.25, -0.2) is 4.79 Å². The lowest BCUT2D eigenvalue weighted by molar-refractivity contribution is -0.138. The van der Waals surface area contributed by atoms with E-state index in [1.165, 1.54) is 12.4 Å². The lowest BCUT2D eigenvalue weighted by atomic mass is 10.3. The summed E-state index contributed by atoms with van der Waals surface area (Å²) < 4.78 is 0. The maximum Gasteiger partial charge on any atom is 0.326 e. The van der Waals surface area contributed by atoms with Crippen molar-refractivity contribution in [3.05, 3.63) is 12.4 Å². The summed E-state index contributed by atoms with van der Waals surface area (Å²) in [5, 5.41) is 11.0. The molecule has 0 aromatic heterocycles. The van der Waals surface area contributed by atoms with Crippen molar-refractivity contribution in [3.8, 4) is 0 Å². The van der Waals surface area contributed by atoms with Crippen LogP contribution in [0.15, 0.2) is 12.4 Å². The summed E-state index contributed by atoms with van der Waals surface area (Å²) in [6, 6.07) is -0.664. The molecule has 0 rings (SSSR count). The molecule has 58 valence electrons. The zero-order valence-corrected chi connectivity index (χ0v) is 6.21. The highest BCUT2D eigenvalue weighted by molar-refractivity contribution is 7.80. The molecule has 10 heavy (non-hydrogen) atoms. The van der Waals surface area contributed by atoms with Crippen LogP contribution in [0, 0.1) is 0 Å². The van der Waals surface area contributed by atoms with Gasteiger partial charge in [-0.2, -0.15) is 12.6 Å². The van der Waals surface area contributed by atoms with Crippen LogP contribution >= 0.6 is 12.6 Å². The van der Waals surface area contributed by atoms with E-state index in [0.717, 1.165) is 0 Å². The first-order valence-electron chi connectivity index (χ1n) is 2.68. The Labute approximate surface area is 64.5 Å². The Kier molecular flexibility index (Phi) is 4.57. The normalized spacial score (nSPS) is 13.3. The quantitative estimate of drug-likeness (QED) is 0.416. The van der Waals surface area contributed by atoms with Gasteiger partial charge in [0, 0.05) is 18.2 Å². The van der Waals surface area contributed by atoms with E-state index >= 15 is 0 Å². The number of carboxylic acids is 1. The van der Waals surface area contributed by atoms with Crippen LogP contribution in [0.25, 0.3) is 0 Å². The van der Waals surface area contributed by atoms with E-state index in [1.807, 2.05) is 0 Å². The molecule has 0 aromatic rings. The van der Waals surface area contributed by atoms with Crippen LogP contribution in [0.2, 0.25) is 0 Å². The summed E-state index contributed by atoms with van der Waals surface area (Å²) in [4.78, 5) is 10.3. The number of carbonyl (C=O) groups is 1. The minimum absolute atomic E-state index is 0.236. The van der Waals surface area contributed by atoms with Crippen LogP contribution in [0.1, 0.15) is 0 Å². The molecule has 0 unspecified atom stereocenters. The van der Waals surface area contributed by atoms with Gasteiger partial charge in [0.1, 0.15) is 6.04 Å². The van der Waals surface area contributed by atoms with E-state index < -0.39 is 12.0 Å². The zero-order chi connectivity index (χ0) is 7.98. The number of hydrogen-bond donors (Lipinski definition) is 4. The Balaban J connectivity index is 3.71. The van der Waals surface area contributed by atoms with Crippen molar-refractivity contribution >= 4 is 18.6 Å². The highest BCUT2D eigenvalue weighted by Gasteiger charge is 2.11. The van der Waals surface area contributed by atoms with E-state index in [4.69, 9.17) is 10.8 Å². The first-order chi connectivity index (χ1) is 4.72. The maximum absolute atomic E-state index is 10.3. The van der Waals surface area contributed by atoms with E-state index in [0.29, 0.717) is 0 Å². The topological polar surface area (TPSA) is 75.3 Å². The zero-order valence-electron chi connectivity index (χ0n) is 5.32. The largest absolute Gasteiger partial charge is 0.480 e. The first kappa shape index (κ1) is 9.16. The van der Waals surface area contributed by atoms with Crippen LogP contribution < -0.4 is 11.1 Å². The molecule has 0 spiro atoms. The molecule has 4 nitrogen and oxygen atoms in total. The van der Waals surface area contributed by atoms with Gasteiger partial charge < -0.3 is 16.2 Å². The molecule has 4 N–H and O–H groups in total. The minimum atomic E-state index is -0.937. The van der Waals surface area contributed by atoms with Crippen molar-refractivity contribution in [2.45, 2.75) is 6.04 Å². The van der Waals surface area contributed by atoms with Crippen LogP contribution in [0.4, 0.5) is 0 Å². The summed E-state index contributed by atoms with van der Waals surface area (Å²) >= 11 is 3.81. The third kappa shape index (κ3) is 3.24. The third-order valence-electron chi connectivity index (χ3n) is 0.874. The Bertz CT molecular complexity index is 138. The number of nitrogens with two attached hydrogens (primary N) is 1. The fourth-order valence-corrected chi connectivity index (χ4v) is 0.635. The highest BCUT2D eigenvalue weighted by Crippen LogP contribution is 1.86. The van der Waals surface area contributed by atoms with Crippen molar-refractivity contribution in [1.82, 2.24) is 5.32 Å². The molecule has 0 saturated heterocycles. The number of hydrogen-bond acceptors (Lipinski definition) is 4. The molecule has 0 aromatic carbocycles. The van der Waals surface area contributed by atoms with Gasteiger partial charge in [-0.15, -0.1) is 0 Å². The van der Waals surface area contributed by atoms with Crippen molar-refractivity contribution < 1.29 is 9.90 Å². The summed E-state index contributed by atoms with van der Waals surface area (Å²) in [6.07, 6.45) is 2.61. The van der Waals surface area contributed by atoms with Crippen molar-refractivity contribution in [3.63, 3.8) is 0 Å². The number of aliphatic carboxylic acids is 1. The van der Waals surface area contributed by atoms with Gasteiger partial charge in [-0.1, -0.05) is 0 Å². The van der Waals surface area contributed by atoms with E-state index in [-0.39, 0.29) is 5.75 Å². The van der Waals surface area contributed by atoms with Gasteiger partial charge in [-0.3, -0.25) is 0 Å². The SMILES string of the molecule is N/C=C/N[C@H](CS)C(=O)O. The van der Waals surface area contributed by atoms with Crippen molar-refractivity contribution in [2.24, 2.45) is 5.73 Å². The summed E-state index contributed by atoms with van der Waals surface area (Å²) in [5.74, 6) is -0.701. The molecule has 0 aliphatic carbocycles. The predicted octanol–water partition coefficient (Wildman–Crippen LogP) is -0.611. The fourth-order valence-electron chi connectivity index (χ4n) is 0.374. The van der Waals surface area contributed by atoms with Gasteiger partial charge >= 0.3 is 5.97 Å². The molecule has 0 saturated carbocycles. The predicted molar refractivity (Wildman–Crippen MR) is 41.7 cm³/mol. The Morgan fingerprint density at radius 3 is 2.80 bits per heavy atom. The second kappa shape index (κ2) is 4.99. The molecule has 0 amide bonds. The molecule has 0 aliphatic heterocycles. The average Bonchev–Trinajstić information content (AvgIpc) is 1.89. The molecule has 5 heteroatoms. The Hall–Kier alpha value is -0.840. The van der Waals surface area contributed by atoms with E-state index in [9.17, 15) is 4.79 Å². The third-order valence-corrected chi connectivity index (χ3v) is 1.24. The maximum atomic E-state index is 10.3. The number of nitrogens with one attached hydrogen (secondary N) is 1. The van der Waals surface area contributed by atoms with Crippen LogP contribution in [-0.4, -0.2) is 22.9 Å². The van der Waals surface area contributed by atoms with Gasteiger partial charge in [0.15, 0.2) is 0 Å². The molecule has 1 atom stereocenters. The second-order valence-corrected chi connectivity index (χ2v) is 1.96. The van der Waals surface area contributed by atoms with Crippen molar-refractivity contribution in [2.75, 3.05) is 5.75 Å². The summed E-state index contributed by atoms with van der Waals surface area (Å²) in [6.45, 7) is 0. The molecular formula is C5H10N2O2S. The Morgan fingerprint density at radius 2 is 2.50 bits per heavy atom. The highest BCUT2D eigenvalue weighted by atomic mass is 32.1. The van der Waals surface area contributed by atoms with Crippen LogP contribution in [-0.2, 0) is 4.79 Å². The molecular weight excluding hydrogens is 152 g/mol. The van der Waals surface area contributed by atoms with Gasteiger partial charge in [-0.05, 0) is 0 Å². The van der Waals surface area contributed by atoms with Gasteiger partial charge in [0.25, 0.3) is 0 Å². The summed E-state index contributed by atoms with van der Waals surface area (Å²) in [5.41, 5.74) is 4.97. The lowest BCUT2D eigenvalue weighted by Crippen LogP contribution is -2.34. The molecule has 0 aliphatic rings. The number of carboxylic acid groups (broad SMARTS) is 1. The standard InChI is InChI=1S/C5H10N2O2S/c6-1-2-7-4(3-10)5(8)9/h1-2,4,7,10H,3,6H2,(H,8,9)/b2-1+/t4-/m1/s1. The first-order valence-corrected chi connectivity index (χ1v) is 3.32. The van der Waals surface area contributed by atoms with Gasteiger partial charge in [0.2, 0.25) is 0 Å². The molecule has 0 bridgehead atoms. The average molecular weight is 162 g/mol. The Morgan fingerprint density at radius 1 is 1.90 bits per heavy atom.